The molecule has 0 aliphatic carbocycles. The van der Waals surface area contributed by atoms with Gasteiger partial charge >= 0.3 is 32.7 Å². The molecule has 0 spiro atoms. The topological polar surface area (TPSA) is 521 Å². The van der Waals surface area contributed by atoms with Gasteiger partial charge in [0.15, 0.2) is 37.4 Å². The Balaban J connectivity index is 1.40. The fourth-order valence-electron chi connectivity index (χ4n) is 10.2. The number of carboxylic acids is 2. The van der Waals surface area contributed by atoms with E-state index in [4.69, 9.17) is 96.2 Å². The number of aliphatic hydroxyl groups is 4. The molecule has 478 valence electrons. The highest BCUT2D eigenvalue weighted by Crippen LogP contribution is 2.39. The number of nitrogens with one attached hydrogen (secondary N) is 1. The first kappa shape index (κ1) is 70.0. The Morgan fingerprint density at radius 3 is 1.33 bits per heavy atom. The summed E-state index contributed by atoms with van der Waals surface area (Å²) in [6.45, 7) is -3.33. The standard InChI is InChI=1S/C43H75N3O34S2/c1-62-23-16(9-10-46-37(51)15(45)11-44)71-19(14-70-81(56,57)58)25(31(23)80-82(59,60)61)75-43-36(69-8)27(65-4)29(32(79-43)38(52)53)76-40-21(50)20(49)22(17(12-47)72-40)74-42-35(68-7)28(66-5)30(33(78-42)39(54)55)77-41-34(67-6)26(64-3)24(63-2)18(13-48)73-41/h15-36,40-43,47-50H,9-14,44-45H2,1-8H3,(H,46,51)(H,52,53)(H,54,55)(H,56,57,58)(H,59,60,61)/t15-,16-,17-,18-,19-,20-,21-,22-,23+,24-,25-,26+,27+,28+,29+,30+,31-,32-,33+,34-,35-,36-,40-,41-,42-,43-/m1/s1. The van der Waals surface area contributed by atoms with Crippen molar-refractivity contribution in [2.45, 2.75) is 166 Å². The Morgan fingerprint density at radius 1 is 0.500 bits per heavy atom. The Morgan fingerprint density at radius 2 is 0.902 bits per heavy atom. The van der Waals surface area contributed by atoms with Crippen molar-refractivity contribution in [2.75, 3.05) is 89.8 Å². The van der Waals surface area contributed by atoms with Crippen molar-refractivity contribution >= 4 is 38.6 Å². The van der Waals surface area contributed by atoms with Gasteiger partial charge in [0.05, 0.1) is 32.0 Å². The van der Waals surface area contributed by atoms with Crippen LogP contribution >= 0.6 is 0 Å². The number of ether oxygens (including phenoxy) is 17. The van der Waals surface area contributed by atoms with Crippen LogP contribution in [-0.4, -0.2) is 324 Å². The van der Waals surface area contributed by atoms with E-state index in [2.05, 4.69) is 9.50 Å². The second kappa shape index (κ2) is 31.2. The van der Waals surface area contributed by atoms with Crippen LogP contribution in [0.3, 0.4) is 0 Å². The maximum atomic E-state index is 13.1. The molecule has 5 saturated heterocycles. The van der Waals surface area contributed by atoms with E-state index in [1.165, 1.54) is 28.4 Å². The molecule has 0 saturated carbocycles. The molecule has 13 N–H and O–H groups in total. The SMILES string of the molecule is CO[C@@H]1[C@@H](OC)[C@H](O[C@H]2[C@H](O)[C@@H](O)[C@@H](O[C@H]3[C@H](OC)[C@@H](OC)[C@H](O[C@H]4[C@H](OS(=O)(=O)O)[C@@H](OC)[C@@H](CCNC(=O)[C@H](N)CN)O[C@@H]4COS(=O)(=O)O)O[C@H]3C(=O)O)O[C@@H]2CO)O[C@H](C(=O)O)[C@H]1O[C@H]1O[C@H](CO)[C@@H](OC)[C@H](OC)[C@H]1OC. The van der Waals surface area contributed by atoms with Crippen LogP contribution in [0.5, 0.6) is 0 Å². The molecule has 37 nitrogen and oxygen atoms in total. The highest BCUT2D eigenvalue weighted by molar-refractivity contribution is 7.81. The fraction of sp³-hybridized carbons (Fsp3) is 0.930. The van der Waals surface area contributed by atoms with Crippen molar-refractivity contribution in [1.82, 2.24) is 5.32 Å². The highest BCUT2D eigenvalue weighted by Gasteiger charge is 2.60. The molecular formula is C43H75N3O34S2. The average Bonchev–Trinajstić information content (AvgIpc) is 3.20. The van der Waals surface area contributed by atoms with Gasteiger partial charge in [-0.3, -0.25) is 13.9 Å². The third-order valence-corrected chi connectivity index (χ3v) is 15.0. The third-order valence-electron chi connectivity index (χ3n) is 14.1. The molecule has 5 aliphatic heterocycles. The molecule has 5 fully saturated rings. The molecular weight excluding hydrogens is 1170 g/mol. The molecule has 1 amide bonds. The van der Waals surface area contributed by atoms with Gasteiger partial charge in [-0.25, -0.2) is 18.0 Å². The van der Waals surface area contributed by atoms with E-state index in [1.807, 2.05) is 0 Å². The molecule has 0 unspecified atom stereocenters. The van der Waals surface area contributed by atoms with Crippen LogP contribution in [0.4, 0.5) is 0 Å². The van der Waals surface area contributed by atoms with Crippen LogP contribution in [0, 0.1) is 0 Å². The third kappa shape index (κ3) is 16.6. The summed E-state index contributed by atoms with van der Waals surface area (Å²) in [5.74, 6) is -4.18. The van der Waals surface area contributed by atoms with Crippen LogP contribution in [0.25, 0.3) is 0 Å². The number of methoxy groups -OCH3 is 8. The minimum atomic E-state index is -5.51. The minimum Gasteiger partial charge on any atom is -0.479 e. The van der Waals surface area contributed by atoms with E-state index in [0.717, 1.165) is 28.4 Å². The predicted molar refractivity (Wildman–Crippen MR) is 259 cm³/mol. The van der Waals surface area contributed by atoms with E-state index in [9.17, 15) is 71.0 Å². The summed E-state index contributed by atoms with van der Waals surface area (Å²) >= 11 is 0. The Kier molecular flexibility index (Phi) is 26.7. The molecule has 0 aromatic carbocycles. The first-order valence-corrected chi connectivity index (χ1v) is 27.6. The number of carboxylic acid groups (broad SMARTS) is 2. The van der Waals surface area contributed by atoms with Gasteiger partial charge in [-0.05, 0) is 6.42 Å². The lowest BCUT2D eigenvalue weighted by Gasteiger charge is -2.50. The molecule has 26 atom stereocenters. The quantitative estimate of drug-likeness (QED) is 0.0298. The fourth-order valence-corrected chi connectivity index (χ4v) is 11.0. The lowest BCUT2D eigenvalue weighted by Crippen LogP contribution is -2.69. The van der Waals surface area contributed by atoms with Gasteiger partial charge in [0.2, 0.25) is 5.91 Å². The van der Waals surface area contributed by atoms with E-state index < -0.39 is 218 Å². The number of hydrogen-bond acceptors (Lipinski definition) is 32. The maximum Gasteiger partial charge on any atom is 0.397 e. The summed E-state index contributed by atoms with van der Waals surface area (Å²) in [7, 11) is -1.38. The summed E-state index contributed by atoms with van der Waals surface area (Å²) in [4.78, 5) is 38.4. The predicted octanol–water partition coefficient (Wildman–Crippen LogP) is -8.01. The van der Waals surface area contributed by atoms with Crippen molar-refractivity contribution in [3.8, 4) is 0 Å². The van der Waals surface area contributed by atoms with Crippen molar-refractivity contribution in [3.63, 3.8) is 0 Å². The van der Waals surface area contributed by atoms with E-state index in [1.54, 1.807) is 0 Å². The second-order valence-corrected chi connectivity index (χ2v) is 20.9. The monoisotopic (exact) mass is 1240 g/mol. The van der Waals surface area contributed by atoms with Gasteiger partial charge in [-0.15, -0.1) is 0 Å². The van der Waals surface area contributed by atoms with Gasteiger partial charge in [-0.2, -0.15) is 16.8 Å². The number of aliphatic carboxylic acids is 2. The molecule has 0 radical (unpaired) electrons. The molecule has 5 aliphatic rings. The maximum absolute atomic E-state index is 13.1. The number of amides is 1. The number of carbonyl (C=O) groups is 3. The summed E-state index contributed by atoms with van der Waals surface area (Å²) < 4.78 is 176. The normalized spacial score (nSPS) is 40.7. The van der Waals surface area contributed by atoms with Crippen molar-refractivity contribution < 1.29 is 160 Å². The number of rotatable bonds is 30. The van der Waals surface area contributed by atoms with Crippen LogP contribution in [0.1, 0.15) is 6.42 Å². The lowest BCUT2D eigenvalue weighted by atomic mass is 9.92. The molecule has 0 bridgehead atoms. The first-order valence-electron chi connectivity index (χ1n) is 24.9. The van der Waals surface area contributed by atoms with Crippen LogP contribution in [0.15, 0.2) is 0 Å². The number of aliphatic hydroxyl groups excluding tert-OH is 4. The number of carbonyl (C=O) groups excluding carboxylic acids is 1. The Bertz CT molecular complexity index is 2250. The molecule has 39 heteroatoms. The zero-order valence-electron chi connectivity index (χ0n) is 45.4. The lowest BCUT2D eigenvalue weighted by molar-refractivity contribution is -0.390. The smallest absolute Gasteiger partial charge is 0.397 e. The second-order valence-electron chi connectivity index (χ2n) is 18.8. The van der Waals surface area contributed by atoms with Crippen LogP contribution < -0.4 is 16.8 Å². The summed E-state index contributed by atoms with van der Waals surface area (Å²) in [6, 6.07) is -1.13. The molecule has 82 heavy (non-hydrogen) atoms. The van der Waals surface area contributed by atoms with Crippen molar-refractivity contribution in [1.29, 1.82) is 0 Å². The zero-order valence-corrected chi connectivity index (χ0v) is 47.1. The van der Waals surface area contributed by atoms with E-state index in [0.29, 0.717) is 0 Å². The first-order chi connectivity index (χ1) is 38.7. The Hall–Kier alpha value is -2.77. The minimum absolute atomic E-state index is 0.242. The molecule has 5 rings (SSSR count). The van der Waals surface area contributed by atoms with Crippen molar-refractivity contribution in [2.24, 2.45) is 11.5 Å². The van der Waals surface area contributed by atoms with E-state index >= 15 is 0 Å². The van der Waals surface area contributed by atoms with Crippen LogP contribution in [0.2, 0.25) is 0 Å². The van der Waals surface area contributed by atoms with Gasteiger partial charge < -0.3 is 128 Å². The average molecular weight is 1240 g/mol. The van der Waals surface area contributed by atoms with Crippen molar-refractivity contribution in [3.05, 3.63) is 0 Å². The highest BCUT2D eigenvalue weighted by atomic mass is 32.3. The Labute approximate surface area is 469 Å². The largest absolute Gasteiger partial charge is 0.479 e. The summed E-state index contributed by atoms with van der Waals surface area (Å²) in [5.41, 5.74) is 11.1. The van der Waals surface area contributed by atoms with E-state index in [-0.39, 0.29) is 19.5 Å². The van der Waals surface area contributed by atoms with Gasteiger partial charge in [0, 0.05) is 70.0 Å². The van der Waals surface area contributed by atoms with Gasteiger partial charge in [0.25, 0.3) is 0 Å². The number of nitrogens with two attached hydrogens (primary N) is 2. The molecule has 0 aromatic heterocycles. The van der Waals surface area contributed by atoms with Gasteiger partial charge in [-0.1, -0.05) is 0 Å². The zero-order chi connectivity index (χ0) is 61.1. The summed E-state index contributed by atoms with van der Waals surface area (Å²) in [5, 5.41) is 67.7. The summed E-state index contributed by atoms with van der Waals surface area (Å²) in [6.07, 6.45) is -42.9. The van der Waals surface area contributed by atoms with Gasteiger partial charge in [0.1, 0.15) is 110 Å². The van der Waals surface area contributed by atoms with Crippen LogP contribution in [-0.2, 0) is 124 Å². The number of hydrogen-bond donors (Lipinski definition) is 11. The molecule has 0 aromatic rings. The molecule has 5 heterocycles.